The van der Waals surface area contributed by atoms with E-state index < -0.39 is 0 Å². The number of ether oxygens (including phenoxy) is 1. The molecule has 1 N–H and O–H groups in total. The molecule has 1 rings (SSSR count). The van der Waals surface area contributed by atoms with Crippen LogP contribution in [0.15, 0.2) is 24.3 Å². The fourth-order valence-electron chi connectivity index (χ4n) is 1.12. The van der Waals surface area contributed by atoms with Gasteiger partial charge in [-0.15, -0.1) is 0 Å². The lowest BCUT2D eigenvalue weighted by Crippen LogP contribution is -2.11. The maximum absolute atomic E-state index is 8.78. The molecule has 0 fully saturated rings. The second-order valence-electron chi connectivity index (χ2n) is 2.91. The Balaban J connectivity index is 2.46. The molecular formula is C11H14N2O. The van der Waals surface area contributed by atoms with Crippen LogP contribution in [0.4, 0.5) is 0 Å². The first-order valence-electron chi connectivity index (χ1n) is 4.65. The van der Waals surface area contributed by atoms with Crippen LogP contribution in [-0.2, 0) is 0 Å². The van der Waals surface area contributed by atoms with Crippen molar-refractivity contribution in [3.05, 3.63) is 29.8 Å². The van der Waals surface area contributed by atoms with Crippen molar-refractivity contribution in [3.8, 4) is 11.8 Å². The molecule has 1 aromatic carbocycles. The van der Waals surface area contributed by atoms with Crippen molar-refractivity contribution in [1.29, 1.82) is 5.26 Å². The minimum Gasteiger partial charge on any atom is -0.492 e. The minimum atomic E-state index is 0.594. The molecule has 3 nitrogen and oxygen atoms in total. The van der Waals surface area contributed by atoms with Gasteiger partial charge in [-0.05, 0) is 32.1 Å². The standard InChI is InChI=1S/C11H14N2O/c1-13-7-4-8-14-11-6-3-2-5-10(11)9-12/h2-3,5-6,13H,4,7-8H2,1H3. The predicted octanol–water partition coefficient (Wildman–Crippen LogP) is 1.55. The predicted molar refractivity (Wildman–Crippen MR) is 55.2 cm³/mol. The molecule has 14 heavy (non-hydrogen) atoms. The monoisotopic (exact) mass is 190 g/mol. The molecule has 0 saturated carbocycles. The van der Waals surface area contributed by atoms with Crippen LogP contribution in [0.1, 0.15) is 12.0 Å². The Morgan fingerprint density at radius 2 is 2.21 bits per heavy atom. The number of para-hydroxylation sites is 1. The van der Waals surface area contributed by atoms with E-state index >= 15 is 0 Å². The van der Waals surface area contributed by atoms with Crippen LogP contribution in [0, 0.1) is 11.3 Å². The van der Waals surface area contributed by atoms with E-state index in [0.717, 1.165) is 13.0 Å². The van der Waals surface area contributed by atoms with Gasteiger partial charge < -0.3 is 10.1 Å². The Morgan fingerprint density at radius 3 is 2.93 bits per heavy atom. The highest BCUT2D eigenvalue weighted by Crippen LogP contribution is 2.16. The second kappa shape index (κ2) is 6.01. The third-order valence-corrected chi connectivity index (χ3v) is 1.84. The fourth-order valence-corrected chi connectivity index (χ4v) is 1.12. The maximum Gasteiger partial charge on any atom is 0.137 e. The summed E-state index contributed by atoms with van der Waals surface area (Å²) in [6.07, 6.45) is 0.941. The molecule has 0 atom stereocenters. The zero-order valence-corrected chi connectivity index (χ0v) is 8.29. The Morgan fingerprint density at radius 1 is 1.43 bits per heavy atom. The smallest absolute Gasteiger partial charge is 0.137 e. The van der Waals surface area contributed by atoms with Crippen LogP contribution in [0.5, 0.6) is 5.75 Å². The van der Waals surface area contributed by atoms with E-state index in [-0.39, 0.29) is 0 Å². The van der Waals surface area contributed by atoms with E-state index in [1.54, 1.807) is 6.07 Å². The van der Waals surface area contributed by atoms with Gasteiger partial charge in [-0.1, -0.05) is 12.1 Å². The topological polar surface area (TPSA) is 45.0 Å². The number of hydrogen-bond donors (Lipinski definition) is 1. The van der Waals surface area contributed by atoms with Gasteiger partial charge in [-0.3, -0.25) is 0 Å². The summed E-state index contributed by atoms with van der Waals surface area (Å²) in [6, 6.07) is 9.37. The Kier molecular flexibility index (Phi) is 4.53. The first-order chi connectivity index (χ1) is 6.88. The zero-order chi connectivity index (χ0) is 10.2. The lowest BCUT2D eigenvalue weighted by molar-refractivity contribution is 0.309. The highest BCUT2D eigenvalue weighted by Gasteiger charge is 2.00. The summed E-state index contributed by atoms with van der Waals surface area (Å²) in [5, 5.41) is 11.8. The highest BCUT2D eigenvalue weighted by molar-refractivity contribution is 5.42. The average Bonchev–Trinajstić information content (AvgIpc) is 2.25. The molecule has 0 aliphatic rings. The fraction of sp³-hybridized carbons (Fsp3) is 0.364. The van der Waals surface area contributed by atoms with Gasteiger partial charge in [0.2, 0.25) is 0 Å². The van der Waals surface area contributed by atoms with Gasteiger partial charge in [0.25, 0.3) is 0 Å². The molecule has 0 aliphatic carbocycles. The number of nitrogens with zero attached hydrogens (tertiary/aromatic N) is 1. The summed E-state index contributed by atoms with van der Waals surface area (Å²) in [7, 11) is 1.91. The van der Waals surface area contributed by atoms with Crippen molar-refractivity contribution in [2.24, 2.45) is 0 Å². The number of nitrogens with one attached hydrogen (secondary N) is 1. The molecule has 0 radical (unpaired) electrons. The van der Waals surface area contributed by atoms with Gasteiger partial charge in [0, 0.05) is 0 Å². The summed E-state index contributed by atoms with van der Waals surface area (Å²) in [6.45, 7) is 1.56. The number of hydrogen-bond acceptors (Lipinski definition) is 3. The quantitative estimate of drug-likeness (QED) is 0.716. The molecular weight excluding hydrogens is 176 g/mol. The summed E-state index contributed by atoms with van der Waals surface area (Å²) >= 11 is 0. The zero-order valence-electron chi connectivity index (χ0n) is 8.29. The lowest BCUT2D eigenvalue weighted by atomic mass is 10.2. The molecule has 0 heterocycles. The average molecular weight is 190 g/mol. The van der Waals surface area contributed by atoms with E-state index in [9.17, 15) is 0 Å². The van der Waals surface area contributed by atoms with Crippen molar-refractivity contribution in [2.75, 3.05) is 20.2 Å². The highest BCUT2D eigenvalue weighted by atomic mass is 16.5. The van der Waals surface area contributed by atoms with Gasteiger partial charge in [-0.2, -0.15) is 5.26 Å². The lowest BCUT2D eigenvalue weighted by Gasteiger charge is -2.06. The number of rotatable bonds is 5. The van der Waals surface area contributed by atoms with Crippen molar-refractivity contribution < 1.29 is 4.74 Å². The molecule has 0 bridgehead atoms. The third kappa shape index (κ3) is 3.08. The number of benzene rings is 1. The normalized spacial score (nSPS) is 9.43. The van der Waals surface area contributed by atoms with Crippen molar-refractivity contribution in [3.63, 3.8) is 0 Å². The van der Waals surface area contributed by atoms with Crippen molar-refractivity contribution in [2.45, 2.75) is 6.42 Å². The van der Waals surface area contributed by atoms with E-state index in [1.165, 1.54) is 0 Å². The van der Waals surface area contributed by atoms with Gasteiger partial charge in [0.15, 0.2) is 0 Å². The van der Waals surface area contributed by atoms with E-state index in [2.05, 4.69) is 11.4 Å². The summed E-state index contributed by atoms with van der Waals surface area (Å²) in [5.41, 5.74) is 0.594. The largest absolute Gasteiger partial charge is 0.492 e. The van der Waals surface area contributed by atoms with Gasteiger partial charge >= 0.3 is 0 Å². The molecule has 3 heteroatoms. The third-order valence-electron chi connectivity index (χ3n) is 1.84. The number of nitriles is 1. The molecule has 0 saturated heterocycles. The first-order valence-corrected chi connectivity index (χ1v) is 4.65. The van der Waals surface area contributed by atoms with Crippen LogP contribution in [0.2, 0.25) is 0 Å². The van der Waals surface area contributed by atoms with Crippen LogP contribution >= 0.6 is 0 Å². The van der Waals surface area contributed by atoms with E-state index in [0.29, 0.717) is 17.9 Å². The second-order valence-corrected chi connectivity index (χ2v) is 2.91. The van der Waals surface area contributed by atoms with Gasteiger partial charge in [-0.25, -0.2) is 0 Å². The minimum absolute atomic E-state index is 0.594. The Hall–Kier alpha value is -1.53. The van der Waals surface area contributed by atoms with Crippen LogP contribution < -0.4 is 10.1 Å². The maximum atomic E-state index is 8.78. The molecule has 0 aromatic heterocycles. The molecule has 0 unspecified atom stereocenters. The molecule has 74 valence electrons. The van der Waals surface area contributed by atoms with E-state index in [4.69, 9.17) is 10.00 Å². The molecule has 0 aliphatic heterocycles. The Labute approximate surface area is 84.3 Å². The van der Waals surface area contributed by atoms with E-state index in [1.807, 2.05) is 25.2 Å². The first kappa shape index (κ1) is 10.6. The van der Waals surface area contributed by atoms with Gasteiger partial charge in [0.1, 0.15) is 11.8 Å². The molecule has 1 aromatic rings. The summed E-state index contributed by atoms with van der Waals surface area (Å²) < 4.78 is 5.47. The van der Waals surface area contributed by atoms with Crippen LogP contribution in [0.3, 0.4) is 0 Å². The summed E-state index contributed by atoms with van der Waals surface area (Å²) in [4.78, 5) is 0. The molecule has 0 amide bonds. The SMILES string of the molecule is CNCCCOc1ccccc1C#N. The van der Waals surface area contributed by atoms with Crippen molar-refractivity contribution in [1.82, 2.24) is 5.32 Å². The summed E-state index contributed by atoms with van der Waals surface area (Å²) in [5.74, 6) is 0.672. The van der Waals surface area contributed by atoms with Crippen LogP contribution in [-0.4, -0.2) is 20.2 Å². The van der Waals surface area contributed by atoms with Crippen LogP contribution in [0.25, 0.3) is 0 Å². The van der Waals surface area contributed by atoms with Crippen molar-refractivity contribution >= 4 is 0 Å². The van der Waals surface area contributed by atoms with Gasteiger partial charge in [0.05, 0.1) is 12.2 Å². The molecule has 0 spiro atoms. The Bertz CT molecular complexity index is 317.